The third-order valence-electron chi connectivity index (χ3n) is 8.43. The van der Waals surface area contributed by atoms with E-state index >= 15 is 0 Å². The molecule has 0 unspecified atom stereocenters. The van der Waals surface area contributed by atoms with Crippen LogP contribution < -0.4 is 4.74 Å². The van der Waals surface area contributed by atoms with Crippen LogP contribution in [0.4, 0.5) is 4.39 Å². The van der Waals surface area contributed by atoms with E-state index in [-0.39, 0.29) is 31.3 Å². The van der Waals surface area contributed by atoms with E-state index in [1.165, 1.54) is 17.0 Å². The molecular formula is C35H37FN2O6. The Labute approximate surface area is 256 Å². The van der Waals surface area contributed by atoms with Crippen molar-refractivity contribution in [2.24, 2.45) is 17.8 Å². The minimum Gasteiger partial charge on any atom is -0.505 e. The molecule has 3 aromatic rings. The number of halogens is 1. The number of hydrogen-bond donors (Lipinski definition) is 3. The summed E-state index contributed by atoms with van der Waals surface area (Å²) in [6.45, 7) is 1.91. The van der Waals surface area contributed by atoms with Gasteiger partial charge in [0.25, 0.3) is 0 Å². The van der Waals surface area contributed by atoms with Gasteiger partial charge in [-0.15, -0.1) is 0 Å². The van der Waals surface area contributed by atoms with E-state index in [0.29, 0.717) is 47.5 Å². The first-order chi connectivity index (χ1) is 21.3. The highest BCUT2D eigenvalue weighted by Gasteiger charge is 2.54. The lowest BCUT2D eigenvalue weighted by atomic mass is 9.68. The topological polar surface area (TPSA) is 120 Å². The lowest BCUT2D eigenvalue weighted by molar-refractivity contribution is -0.140. The number of carbonyl (C=O) groups excluding carboxylic acids is 2. The maximum absolute atomic E-state index is 14.1. The summed E-state index contributed by atoms with van der Waals surface area (Å²) in [4.78, 5) is 32.5. The molecule has 3 N–H and O–H groups in total. The fourth-order valence-electron chi connectivity index (χ4n) is 6.38. The van der Waals surface area contributed by atoms with Crippen LogP contribution in [0.3, 0.4) is 0 Å². The number of benzene rings is 2. The van der Waals surface area contributed by atoms with Gasteiger partial charge in [-0.1, -0.05) is 37.3 Å². The summed E-state index contributed by atoms with van der Waals surface area (Å²) in [5.74, 6) is -3.24. The van der Waals surface area contributed by atoms with Gasteiger partial charge in [-0.05, 0) is 90.4 Å². The molecule has 1 saturated heterocycles. The van der Waals surface area contributed by atoms with Crippen LogP contribution in [0.2, 0.25) is 0 Å². The monoisotopic (exact) mass is 600 g/mol. The van der Waals surface area contributed by atoms with Crippen LogP contribution in [0.25, 0.3) is 11.6 Å². The van der Waals surface area contributed by atoms with Crippen LogP contribution in [0, 0.1) is 23.6 Å². The molecule has 2 heterocycles. The summed E-state index contributed by atoms with van der Waals surface area (Å²) >= 11 is 0. The van der Waals surface area contributed by atoms with Crippen LogP contribution in [0.1, 0.15) is 43.9 Å². The molecule has 4 atom stereocenters. The molecule has 2 aromatic carbocycles. The van der Waals surface area contributed by atoms with E-state index in [9.17, 15) is 29.3 Å². The fraction of sp³-hybridized carbons (Fsp3) is 0.343. The van der Waals surface area contributed by atoms with Crippen LogP contribution in [-0.2, 0) is 9.59 Å². The number of fused-ring (bicyclic) bond motifs is 1. The van der Waals surface area contributed by atoms with Crippen molar-refractivity contribution < 1.29 is 34.0 Å². The largest absolute Gasteiger partial charge is 0.505 e. The van der Waals surface area contributed by atoms with Crippen molar-refractivity contribution >= 4 is 23.5 Å². The van der Waals surface area contributed by atoms with Crippen LogP contribution >= 0.6 is 0 Å². The number of carbonyl (C=O) groups is 2. The number of hydrogen-bond acceptors (Lipinski definition) is 7. The van der Waals surface area contributed by atoms with Crippen molar-refractivity contribution in [1.82, 2.24) is 9.88 Å². The first-order valence-electron chi connectivity index (χ1n) is 15.0. The molecule has 0 saturated carbocycles. The number of aliphatic hydroxyl groups is 2. The number of para-hydroxylation sites is 1. The zero-order valence-electron chi connectivity index (χ0n) is 24.6. The van der Waals surface area contributed by atoms with Gasteiger partial charge in [0.1, 0.15) is 12.4 Å². The first-order valence-corrected chi connectivity index (χ1v) is 15.0. The highest BCUT2D eigenvalue weighted by Crippen LogP contribution is 2.46. The standard InChI is InChI=1S/C35H37FN2O6/c1-2-16-38-34(42)26-19-24(21-44-25-8-4-3-5-9-25)32(27(20-39)33(26)35(38)43)31(41)14-12-23(29-10-6-7-15-37-29)17-22-11-13-30(40)28(36)18-22/h3-11,13,15,17-18,26-27,31,33,39-41H,2,12,14,16,19-21H2,1H3/b23-17-/t26-,27+,31-,33-/m1/s1. The van der Waals surface area contributed by atoms with E-state index in [1.54, 1.807) is 24.4 Å². The van der Waals surface area contributed by atoms with Gasteiger partial charge in [-0.3, -0.25) is 19.5 Å². The number of allylic oxidation sites excluding steroid dienone is 1. The minimum atomic E-state index is -1.06. The Balaban J connectivity index is 1.47. The first kappa shape index (κ1) is 31.1. The summed E-state index contributed by atoms with van der Waals surface area (Å²) in [5, 5.41) is 32.0. The van der Waals surface area contributed by atoms with Gasteiger partial charge >= 0.3 is 0 Å². The zero-order chi connectivity index (χ0) is 31.2. The predicted molar refractivity (Wildman–Crippen MR) is 164 cm³/mol. The molecule has 1 fully saturated rings. The van der Waals surface area contributed by atoms with Crippen LogP contribution in [0.15, 0.2) is 84.1 Å². The van der Waals surface area contributed by atoms with Gasteiger partial charge in [-0.2, -0.15) is 0 Å². The number of aliphatic hydroxyl groups excluding tert-OH is 2. The van der Waals surface area contributed by atoms with E-state index < -0.39 is 42.0 Å². The molecule has 5 rings (SSSR count). The number of likely N-dealkylation sites (tertiary alicyclic amines) is 1. The summed E-state index contributed by atoms with van der Waals surface area (Å²) in [7, 11) is 0. The Bertz CT molecular complexity index is 1540. The number of rotatable bonds is 12. The normalized spacial score (nSPS) is 21.0. The molecule has 9 heteroatoms. The van der Waals surface area contributed by atoms with Crippen LogP contribution in [-0.4, -0.2) is 62.9 Å². The van der Waals surface area contributed by atoms with Crippen molar-refractivity contribution in [3.63, 3.8) is 0 Å². The van der Waals surface area contributed by atoms with Crippen LogP contribution in [0.5, 0.6) is 11.5 Å². The lowest BCUT2D eigenvalue weighted by Gasteiger charge is -2.36. The van der Waals surface area contributed by atoms with Gasteiger partial charge in [-0.25, -0.2) is 4.39 Å². The second-order valence-corrected chi connectivity index (χ2v) is 11.3. The number of aromatic hydroxyl groups is 1. The number of imide groups is 1. The number of phenolic OH excluding ortho intramolecular Hbond substituents is 1. The van der Waals surface area contributed by atoms with E-state index in [1.807, 2.05) is 49.4 Å². The third kappa shape index (κ3) is 6.59. The second-order valence-electron chi connectivity index (χ2n) is 11.3. The Kier molecular flexibility index (Phi) is 9.87. The van der Waals surface area contributed by atoms with Crippen molar-refractivity contribution in [1.29, 1.82) is 0 Å². The Morgan fingerprint density at radius 3 is 2.57 bits per heavy atom. The molecule has 8 nitrogen and oxygen atoms in total. The molecule has 1 aromatic heterocycles. The average Bonchev–Trinajstić information content (AvgIpc) is 3.28. The smallest absolute Gasteiger partial charge is 0.233 e. The summed E-state index contributed by atoms with van der Waals surface area (Å²) in [6.07, 6.45) is 3.76. The minimum absolute atomic E-state index is 0.0983. The highest BCUT2D eigenvalue weighted by atomic mass is 19.1. The molecule has 0 radical (unpaired) electrons. The predicted octanol–water partition coefficient (Wildman–Crippen LogP) is 5.01. The number of aromatic nitrogens is 1. The van der Waals surface area contributed by atoms with Gasteiger partial charge in [0.15, 0.2) is 11.6 Å². The van der Waals surface area contributed by atoms with E-state index in [2.05, 4.69) is 4.98 Å². The van der Waals surface area contributed by atoms with Crippen molar-refractivity contribution in [3.8, 4) is 11.5 Å². The number of nitrogens with zero attached hydrogens (tertiary/aromatic N) is 2. The number of pyridine rings is 1. The Morgan fingerprint density at radius 2 is 1.89 bits per heavy atom. The molecule has 230 valence electrons. The molecular weight excluding hydrogens is 563 g/mol. The molecule has 1 aliphatic heterocycles. The molecule has 0 spiro atoms. The number of phenols is 1. The summed E-state index contributed by atoms with van der Waals surface area (Å²) < 4.78 is 20.2. The van der Waals surface area contributed by atoms with Crippen molar-refractivity contribution in [2.45, 2.75) is 38.7 Å². The zero-order valence-corrected chi connectivity index (χ0v) is 24.6. The Morgan fingerprint density at radius 1 is 1.11 bits per heavy atom. The third-order valence-corrected chi connectivity index (χ3v) is 8.43. The molecule has 2 amide bonds. The summed E-state index contributed by atoms with van der Waals surface area (Å²) in [5.41, 5.74) is 3.12. The van der Waals surface area contributed by atoms with E-state index in [0.717, 1.165) is 5.57 Å². The van der Waals surface area contributed by atoms with Crippen molar-refractivity contribution in [2.75, 3.05) is 19.8 Å². The average molecular weight is 601 g/mol. The summed E-state index contributed by atoms with van der Waals surface area (Å²) in [6, 6.07) is 18.7. The van der Waals surface area contributed by atoms with Gasteiger partial charge < -0.3 is 20.1 Å². The van der Waals surface area contributed by atoms with Crippen molar-refractivity contribution in [3.05, 3.63) is 101 Å². The second kappa shape index (κ2) is 14.0. The van der Waals surface area contributed by atoms with Gasteiger partial charge in [0, 0.05) is 18.7 Å². The van der Waals surface area contributed by atoms with Gasteiger partial charge in [0.05, 0.1) is 30.2 Å². The maximum atomic E-state index is 14.1. The SMILES string of the molecule is CCCN1C(=O)[C@@H]2[C@@H](CC(COc3ccccc3)=C([C@H](O)CC/C(=C/c3ccc(O)c(F)c3)c3ccccn3)[C@@H]2CO)C1=O. The van der Waals surface area contributed by atoms with E-state index in [4.69, 9.17) is 4.74 Å². The molecule has 2 aliphatic rings. The fourth-order valence-corrected chi connectivity index (χ4v) is 6.38. The number of amides is 2. The van der Waals surface area contributed by atoms with Gasteiger partial charge in [0.2, 0.25) is 11.8 Å². The molecule has 1 aliphatic carbocycles. The quantitative estimate of drug-likeness (QED) is 0.198. The Hall–Kier alpha value is -4.34. The molecule has 44 heavy (non-hydrogen) atoms. The highest BCUT2D eigenvalue weighted by molar-refractivity contribution is 6.05. The lowest BCUT2D eigenvalue weighted by Crippen LogP contribution is -2.40. The maximum Gasteiger partial charge on any atom is 0.233 e. The number of ether oxygens (including phenoxy) is 1. The molecule has 0 bridgehead atoms.